The third kappa shape index (κ3) is 2.14. The Hall–Kier alpha value is -2.01. The predicted octanol–water partition coefficient (Wildman–Crippen LogP) is 4.00. The predicted molar refractivity (Wildman–Crippen MR) is 83.2 cm³/mol. The first-order chi connectivity index (χ1) is 9.56. The summed E-state index contributed by atoms with van der Waals surface area (Å²) < 4.78 is 8.10. The summed E-state index contributed by atoms with van der Waals surface area (Å²) in [5.74, 6) is 1.49. The summed E-state index contributed by atoms with van der Waals surface area (Å²) >= 11 is 3.44. The summed E-state index contributed by atoms with van der Waals surface area (Å²) in [6.07, 6.45) is 1.71. The van der Waals surface area contributed by atoms with Crippen LogP contribution >= 0.6 is 15.9 Å². The summed E-state index contributed by atoms with van der Waals surface area (Å²) in [5, 5.41) is 4.51. The van der Waals surface area contributed by atoms with E-state index < -0.39 is 0 Å². The molecule has 2 heterocycles. The molecule has 0 atom stereocenters. The first kappa shape index (κ1) is 13.0. The van der Waals surface area contributed by atoms with E-state index in [0.717, 1.165) is 32.6 Å². The second-order valence-corrected chi connectivity index (χ2v) is 5.60. The SMILES string of the molecule is Cc1cc(-c2nn(C)c(N)c2-c2ccc(Br)cc2)co1. The van der Waals surface area contributed by atoms with Gasteiger partial charge in [0.2, 0.25) is 0 Å². The van der Waals surface area contributed by atoms with Crippen LogP contribution in [0.25, 0.3) is 22.4 Å². The number of rotatable bonds is 2. The third-order valence-electron chi connectivity index (χ3n) is 3.23. The van der Waals surface area contributed by atoms with Crippen molar-refractivity contribution in [2.45, 2.75) is 6.92 Å². The molecule has 102 valence electrons. The molecular formula is C15H14BrN3O. The molecule has 20 heavy (non-hydrogen) atoms. The molecule has 3 aromatic rings. The van der Waals surface area contributed by atoms with Crippen LogP contribution < -0.4 is 5.73 Å². The number of hydrogen-bond acceptors (Lipinski definition) is 3. The number of nitrogens with zero attached hydrogens (tertiary/aromatic N) is 2. The summed E-state index contributed by atoms with van der Waals surface area (Å²) in [5.41, 5.74) is 9.92. The van der Waals surface area contributed by atoms with Crippen LogP contribution in [0.4, 0.5) is 5.82 Å². The molecule has 0 saturated heterocycles. The van der Waals surface area contributed by atoms with Crippen LogP contribution in [0.3, 0.4) is 0 Å². The van der Waals surface area contributed by atoms with Crippen molar-refractivity contribution in [1.29, 1.82) is 0 Å². The zero-order valence-electron chi connectivity index (χ0n) is 11.2. The molecular weight excluding hydrogens is 318 g/mol. The van der Waals surface area contributed by atoms with Gasteiger partial charge in [0.15, 0.2) is 0 Å². The summed E-state index contributed by atoms with van der Waals surface area (Å²) in [6.45, 7) is 1.91. The molecule has 0 aliphatic rings. The van der Waals surface area contributed by atoms with Crippen molar-refractivity contribution < 1.29 is 4.42 Å². The lowest BCUT2D eigenvalue weighted by molar-refractivity contribution is 0.535. The topological polar surface area (TPSA) is 57.0 Å². The lowest BCUT2D eigenvalue weighted by atomic mass is 10.0. The van der Waals surface area contributed by atoms with E-state index in [1.165, 1.54) is 0 Å². The van der Waals surface area contributed by atoms with Gasteiger partial charge in [-0.15, -0.1) is 0 Å². The highest BCUT2D eigenvalue weighted by molar-refractivity contribution is 9.10. The van der Waals surface area contributed by atoms with Crippen molar-refractivity contribution in [2.75, 3.05) is 5.73 Å². The number of nitrogen functional groups attached to an aromatic ring is 1. The van der Waals surface area contributed by atoms with Gasteiger partial charge >= 0.3 is 0 Å². The lowest BCUT2D eigenvalue weighted by Gasteiger charge is -2.03. The Morgan fingerprint density at radius 1 is 1.20 bits per heavy atom. The molecule has 0 amide bonds. The molecule has 0 aliphatic heterocycles. The van der Waals surface area contributed by atoms with Gasteiger partial charge in [-0.3, -0.25) is 4.68 Å². The molecule has 2 aromatic heterocycles. The smallest absolute Gasteiger partial charge is 0.129 e. The second-order valence-electron chi connectivity index (χ2n) is 4.69. The van der Waals surface area contributed by atoms with E-state index in [1.807, 2.05) is 44.3 Å². The van der Waals surface area contributed by atoms with Crippen molar-refractivity contribution in [3.63, 3.8) is 0 Å². The molecule has 0 radical (unpaired) electrons. The maximum absolute atomic E-state index is 6.18. The van der Waals surface area contributed by atoms with E-state index in [-0.39, 0.29) is 0 Å². The van der Waals surface area contributed by atoms with E-state index >= 15 is 0 Å². The molecule has 0 spiro atoms. The Labute approximate surface area is 125 Å². The van der Waals surface area contributed by atoms with Crippen LogP contribution in [-0.2, 0) is 7.05 Å². The minimum atomic E-state index is 0.640. The average molecular weight is 332 g/mol. The Morgan fingerprint density at radius 3 is 2.50 bits per heavy atom. The second kappa shape index (κ2) is 4.83. The van der Waals surface area contributed by atoms with Crippen molar-refractivity contribution in [3.8, 4) is 22.4 Å². The van der Waals surface area contributed by atoms with E-state index in [9.17, 15) is 0 Å². The minimum Gasteiger partial charge on any atom is -0.469 e. The lowest BCUT2D eigenvalue weighted by Crippen LogP contribution is -1.97. The van der Waals surface area contributed by atoms with Crippen LogP contribution in [-0.4, -0.2) is 9.78 Å². The van der Waals surface area contributed by atoms with Gasteiger partial charge in [0, 0.05) is 17.1 Å². The van der Waals surface area contributed by atoms with E-state index in [2.05, 4.69) is 21.0 Å². The van der Waals surface area contributed by atoms with E-state index in [0.29, 0.717) is 5.82 Å². The van der Waals surface area contributed by atoms with Crippen LogP contribution in [0.5, 0.6) is 0 Å². The Kier molecular flexibility index (Phi) is 3.14. The molecule has 0 fully saturated rings. The first-order valence-electron chi connectivity index (χ1n) is 6.20. The third-order valence-corrected chi connectivity index (χ3v) is 3.76. The Balaban J connectivity index is 2.21. The van der Waals surface area contributed by atoms with Gasteiger partial charge in [-0.2, -0.15) is 5.10 Å². The maximum Gasteiger partial charge on any atom is 0.129 e. The average Bonchev–Trinajstić information content (AvgIpc) is 2.97. The molecule has 0 bridgehead atoms. The summed E-state index contributed by atoms with van der Waals surface area (Å²) in [4.78, 5) is 0. The van der Waals surface area contributed by atoms with Gasteiger partial charge in [0.05, 0.1) is 5.56 Å². The highest BCUT2D eigenvalue weighted by Crippen LogP contribution is 2.36. The van der Waals surface area contributed by atoms with Gasteiger partial charge in [-0.05, 0) is 30.7 Å². The fourth-order valence-electron chi connectivity index (χ4n) is 2.21. The molecule has 2 N–H and O–H groups in total. The zero-order chi connectivity index (χ0) is 14.3. The van der Waals surface area contributed by atoms with Gasteiger partial charge in [0.25, 0.3) is 0 Å². The van der Waals surface area contributed by atoms with Crippen molar-refractivity contribution >= 4 is 21.7 Å². The first-order valence-corrected chi connectivity index (χ1v) is 6.99. The Bertz CT molecular complexity index is 756. The molecule has 4 nitrogen and oxygen atoms in total. The normalized spacial score (nSPS) is 10.9. The number of nitrogens with two attached hydrogens (primary N) is 1. The number of halogens is 1. The largest absolute Gasteiger partial charge is 0.469 e. The quantitative estimate of drug-likeness (QED) is 0.772. The summed E-state index contributed by atoms with van der Waals surface area (Å²) in [7, 11) is 1.84. The molecule has 5 heteroatoms. The maximum atomic E-state index is 6.18. The molecule has 0 aliphatic carbocycles. The van der Waals surface area contributed by atoms with Gasteiger partial charge in [0.1, 0.15) is 23.5 Å². The standard InChI is InChI=1S/C15H14BrN3O/c1-9-7-11(8-20-9)14-13(15(17)19(2)18-14)10-3-5-12(16)6-4-10/h3-8H,17H2,1-2H3. The summed E-state index contributed by atoms with van der Waals surface area (Å²) in [6, 6.07) is 9.99. The monoisotopic (exact) mass is 331 g/mol. The van der Waals surface area contributed by atoms with Crippen LogP contribution in [0.1, 0.15) is 5.76 Å². The molecule has 0 saturated carbocycles. The van der Waals surface area contributed by atoms with E-state index in [4.69, 9.17) is 10.2 Å². The Morgan fingerprint density at radius 2 is 1.90 bits per heavy atom. The number of benzene rings is 1. The number of furan rings is 1. The fraction of sp³-hybridized carbons (Fsp3) is 0.133. The van der Waals surface area contributed by atoms with Crippen LogP contribution in [0.15, 0.2) is 45.5 Å². The van der Waals surface area contributed by atoms with Crippen LogP contribution in [0.2, 0.25) is 0 Å². The van der Waals surface area contributed by atoms with Crippen molar-refractivity contribution in [1.82, 2.24) is 9.78 Å². The number of aromatic nitrogens is 2. The zero-order valence-corrected chi connectivity index (χ0v) is 12.8. The number of anilines is 1. The van der Waals surface area contributed by atoms with Crippen molar-refractivity contribution in [3.05, 3.63) is 46.8 Å². The van der Waals surface area contributed by atoms with E-state index in [1.54, 1.807) is 10.9 Å². The van der Waals surface area contributed by atoms with Gasteiger partial charge in [-0.1, -0.05) is 28.1 Å². The highest BCUT2D eigenvalue weighted by Gasteiger charge is 2.18. The highest BCUT2D eigenvalue weighted by atomic mass is 79.9. The minimum absolute atomic E-state index is 0.640. The van der Waals surface area contributed by atoms with Gasteiger partial charge < -0.3 is 10.2 Å². The molecule has 0 unspecified atom stereocenters. The molecule has 1 aromatic carbocycles. The fourth-order valence-corrected chi connectivity index (χ4v) is 2.47. The number of aryl methyl sites for hydroxylation is 2. The van der Waals surface area contributed by atoms with Crippen molar-refractivity contribution in [2.24, 2.45) is 7.05 Å². The molecule has 3 rings (SSSR count). The number of hydrogen-bond donors (Lipinski definition) is 1. The van der Waals surface area contributed by atoms with Crippen LogP contribution in [0, 0.1) is 6.92 Å². The van der Waals surface area contributed by atoms with Gasteiger partial charge in [-0.25, -0.2) is 0 Å².